The molecule has 0 aromatic heterocycles. The first-order valence-electron chi connectivity index (χ1n) is 7.64. The summed E-state index contributed by atoms with van der Waals surface area (Å²) in [5, 5.41) is 2.08. The van der Waals surface area contributed by atoms with Crippen molar-refractivity contribution in [3.05, 3.63) is 95.5 Å². The van der Waals surface area contributed by atoms with Gasteiger partial charge in [0.15, 0.2) is 0 Å². The van der Waals surface area contributed by atoms with Crippen LogP contribution in [0.1, 0.15) is 12.5 Å². The molecule has 3 aromatic rings. The van der Waals surface area contributed by atoms with E-state index in [-0.39, 0.29) is 0 Å². The summed E-state index contributed by atoms with van der Waals surface area (Å²) in [6.07, 6.45) is 0. The molecular weight excluding hydrogens is 337 g/mol. The zero-order valence-electron chi connectivity index (χ0n) is 13.3. The smallest absolute Gasteiger partial charge is 0.247 e. The maximum atomic E-state index is 13.9. The van der Waals surface area contributed by atoms with E-state index < -0.39 is 7.29 Å². The van der Waals surface area contributed by atoms with Gasteiger partial charge < -0.3 is 0 Å². The molecule has 0 unspecified atom stereocenters. The number of hydrogen-bond donors (Lipinski definition) is 0. The minimum atomic E-state index is -3.12. The first-order chi connectivity index (χ1) is 11.6. The van der Waals surface area contributed by atoms with Crippen LogP contribution < -0.4 is 10.6 Å². The Balaban J connectivity index is 2.16. The van der Waals surface area contributed by atoms with Crippen LogP contribution in [0.5, 0.6) is 0 Å². The summed E-state index contributed by atoms with van der Waals surface area (Å²) in [6.45, 7) is 1.87. The molecule has 3 aromatic carbocycles. The Labute approximate surface area is 147 Å². The average Bonchev–Trinajstić information content (AvgIpc) is 2.63. The summed E-state index contributed by atoms with van der Waals surface area (Å²) >= 11 is 6.07. The fraction of sp³-hybridized carbons (Fsp3) is 0.0500. The van der Waals surface area contributed by atoms with Gasteiger partial charge in [0.05, 0.1) is 0 Å². The molecule has 2 nitrogen and oxygen atoms in total. The molecule has 0 spiro atoms. The Morgan fingerprint density at radius 2 is 1.38 bits per heavy atom. The lowest BCUT2D eigenvalue weighted by molar-refractivity contribution is 0.588. The third-order valence-corrected chi connectivity index (χ3v) is 6.56. The first-order valence-corrected chi connectivity index (χ1v) is 9.67. The van der Waals surface area contributed by atoms with Crippen LogP contribution >= 0.6 is 18.9 Å². The van der Waals surface area contributed by atoms with Gasteiger partial charge in [-0.3, -0.25) is 4.57 Å². The van der Waals surface area contributed by atoms with Gasteiger partial charge in [0, 0.05) is 21.3 Å². The van der Waals surface area contributed by atoms with Gasteiger partial charge in [-0.2, -0.15) is 0 Å². The van der Waals surface area contributed by atoms with Gasteiger partial charge in [-0.25, -0.2) is 4.76 Å². The highest BCUT2D eigenvalue weighted by Gasteiger charge is 2.26. The second-order valence-electron chi connectivity index (χ2n) is 5.44. The summed E-state index contributed by atoms with van der Waals surface area (Å²) in [6, 6.07) is 26.2. The number of hydrogen-bond acceptors (Lipinski definition) is 1. The summed E-state index contributed by atoms with van der Waals surface area (Å²) in [5.41, 5.74) is 1.57. The molecule has 120 valence electrons. The van der Waals surface area contributed by atoms with Gasteiger partial charge in [-0.15, -0.1) is 0 Å². The van der Waals surface area contributed by atoms with Crippen LogP contribution in [0.4, 0.5) is 0 Å². The standard InChI is InChI=1S/C20H17ClNOP/c1-16(17-9-8-10-18(21)15-17)22-24(23,19-11-4-2-5-12-19)20-13-6-3-7-14-20/h2-15H,1H3/b22-16-. The average molecular weight is 354 g/mol. The molecule has 0 saturated carbocycles. The molecule has 3 rings (SSSR count). The highest BCUT2D eigenvalue weighted by Crippen LogP contribution is 2.45. The van der Waals surface area contributed by atoms with E-state index in [0.29, 0.717) is 10.7 Å². The van der Waals surface area contributed by atoms with E-state index in [4.69, 9.17) is 11.6 Å². The molecule has 0 aliphatic carbocycles. The highest BCUT2D eigenvalue weighted by molar-refractivity contribution is 7.77. The van der Waals surface area contributed by atoms with E-state index in [2.05, 4.69) is 4.76 Å². The zero-order valence-corrected chi connectivity index (χ0v) is 14.9. The van der Waals surface area contributed by atoms with Gasteiger partial charge in [-0.1, -0.05) is 60.1 Å². The molecular formula is C20H17ClNOP. The van der Waals surface area contributed by atoms with Gasteiger partial charge in [0.1, 0.15) is 0 Å². The highest BCUT2D eigenvalue weighted by atomic mass is 35.5. The third-order valence-electron chi connectivity index (χ3n) is 3.75. The molecule has 0 amide bonds. The Morgan fingerprint density at radius 1 is 0.833 bits per heavy atom. The Kier molecular flexibility index (Phi) is 4.99. The second-order valence-corrected chi connectivity index (χ2v) is 8.26. The third kappa shape index (κ3) is 3.51. The minimum Gasteiger partial charge on any atom is -0.288 e. The van der Waals surface area contributed by atoms with E-state index in [0.717, 1.165) is 16.2 Å². The van der Waals surface area contributed by atoms with Gasteiger partial charge in [0.25, 0.3) is 0 Å². The molecule has 0 bridgehead atoms. The quantitative estimate of drug-likeness (QED) is 0.475. The topological polar surface area (TPSA) is 29.4 Å². The second kappa shape index (κ2) is 7.17. The van der Waals surface area contributed by atoms with E-state index in [1.807, 2.05) is 91.9 Å². The van der Waals surface area contributed by atoms with Crippen molar-refractivity contribution < 1.29 is 4.57 Å². The van der Waals surface area contributed by atoms with Crippen molar-refractivity contribution in [2.75, 3.05) is 0 Å². The monoisotopic (exact) mass is 353 g/mol. The molecule has 0 aliphatic rings. The number of rotatable bonds is 4. The number of benzene rings is 3. The van der Waals surface area contributed by atoms with Crippen LogP contribution in [-0.4, -0.2) is 5.71 Å². The number of halogens is 1. The first kappa shape index (κ1) is 16.7. The molecule has 0 atom stereocenters. The van der Waals surface area contributed by atoms with Gasteiger partial charge in [0.2, 0.25) is 7.29 Å². The van der Waals surface area contributed by atoms with Crippen molar-refractivity contribution in [1.82, 2.24) is 0 Å². The van der Waals surface area contributed by atoms with Gasteiger partial charge >= 0.3 is 0 Å². The molecule has 0 heterocycles. The number of nitrogens with zero attached hydrogens (tertiary/aromatic N) is 1. The summed E-state index contributed by atoms with van der Waals surface area (Å²) in [7, 11) is -3.12. The van der Waals surface area contributed by atoms with Crippen molar-refractivity contribution in [3.63, 3.8) is 0 Å². The SMILES string of the molecule is C/C(=N/P(=O)(c1ccccc1)c1ccccc1)c1cccc(Cl)c1. The zero-order chi connectivity index (χ0) is 17.0. The minimum absolute atomic E-state index is 0.635. The van der Waals surface area contributed by atoms with Crippen LogP contribution in [0.3, 0.4) is 0 Å². The normalized spacial score (nSPS) is 12.2. The molecule has 24 heavy (non-hydrogen) atoms. The molecule has 4 heteroatoms. The lowest BCUT2D eigenvalue weighted by atomic mass is 10.1. The van der Waals surface area contributed by atoms with Crippen LogP contribution in [0.2, 0.25) is 5.02 Å². The van der Waals surface area contributed by atoms with E-state index in [1.165, 1.54) is 0 Å². The largest absolute Gasteiger partial charge is 0.288 e. The van der Waals surface area contributed by atoms with Crippen molar-refractivity contribution in [2.24, 2.45) is 4.76 Å². The summed E-state index contributed by atoms with van der Waals surface area (Å²) in [5.74, 6) is 0. The maximum Gasteiger partial charge on any atom is 0.247 e. The maximum absolute atomic E-state index is 13.9. The molecule has 0 N–H and O–H groups in total. The van der Waals surface area contributed by atoms with E-state index >= 15 is 0 Å². The fourth-order valence-corrected chi connectivity index (χ4v) is 4.92. The summed E-state index contributed by atoms with van der Waals surface area (Å²) in [4.78, 5) is 0. The van der Waals surface area contributed by atoms with Crippen LogP contribution in [0.15, 0.2) is 89.7 Å². The van der Waals surface area contributed by atoms with E-state index in [9.17, 15) is 4.57 Å². The summed E-state index contributed by atoms with van der Waals surface area (Å²) < 4.78 is 18.5. The molecule has 0 radical (unpaired) electrons. The van der Waals surface area contributed by atoms with Crippen LogP contribution in [0.25, 0.3) is 0 Å². The lowest BCUT2D eigenvalue weighted by Crippen LogP contribution is -2.15. The Hall–Kier alpha value is -2.15. The molecule has 0 aliphatic heterocycles. The lowest BCUT2D eigenvalue weighted by Gasteiger charge is -2.16. The predicted octanol–water partition coefficient (Wildman–Crippen LogP) is 5.08. The van der Waals surface area contributed by atoms with Crippen molar-refractivity contribution in [2.45, 2.75) is 6.92 Å². The Morgan fingerprint density at radius 3 is 1.88 bits per heavy atom. The van der Waals surface area contributed by atoms with Crippen LogP contribution in [-0.2, 0) is 4.57 Å². The molecule has 0 fully saturated rings. The van der Waals surface area contributed by atoms with Gasteiger partial charge in [-0.05, 0) is 48.9 Å². The van der Waals surface area contributed by atoms with E-state index in [1.54, 1.807) is 0 Å². The van der Waals surface area contributed by atoms with Crippen LogP contribution in [0, 0.1) is 0 Å². The Bertz CT molecular complexity index is 864. The predicted molar refractivity (Wildman–Crippen MR) is 103 cm³/mol. The van der Waals surface area contributed by atoms with Crippen molar-refractivity contribution in [1.29, 1.82) is 0 Å². The molecule has 0 saturated heterocycles. The fourth-order valence-electron chi connectivity index (χ4n) is 2.51. The van der Waals surface area contributed by atoms with Crippen molar-refractivity contribution >= 4 is 35.2 Å². The van der Waals surface area contributed by atoms with Crippen molar-refractivity contribution in [3.8, 4) is 0 Å².